The number of likely N-dealkylation sites (tertiary alicyclic amines) is 1. The largest absolute Gasteiger partial charge is 0.369 e. The molecule has 0 saturated carbocycles. The maximum atomic E-state index is 13.1. The normalized spacial score (nSPS) is 20.7. The molecule has 3 rings (SSSR count). The van der Waals surface area contributed by atoms with Gasteiger partial charge in [-0.3, -0.25) is 14.7 Å². The van der Waals surface area contributed by atoms with E-state index in [1.807, 2.05) is 30.9 Å². The van der Waals surface area contributed by atoms with E-state index in [0.29, 0.717) is 0 Å². The van der Waals surface area contributed by atoms with E-state index in [2.05, 4.69) is 25.4 Å². The Morgan fingerprint density at radius 3 is 2.50 bits per heavy atom. The molecule has 0 bridgehead atoms. The maximum absolute atomic E-state index is 13.1. The molecule has 166 valence electrons. The summed E-state index contributed by atoms with van der Waals surface area (Å²) in [4.78, 5) is 23.1. The van der Waals surface area contributed by atoms with Crippen LogP contribution in [0.1, 0.15) is 20.3 Å². The van der Waals surface area contributed by atoms with Crippen molar-refractivity contribution in [3.05, 3.63) is 30.1 Å². The standard InChI is InChI=1S/C22H35FN6O/c1-17(2)21(30)29-10-8-19(16-29)26-22(24-3)25-9-11-27-12-14-28(15-13-27)20-6-4-18(23)5-7-20/h4-7,17,19H,8-16H2,1-3H3,(H2,24,25,26). The van der Waals surface area contributed by atoms with Crippen molar-refractivity contribution in [2.24, 2.45) is 10.9 Å². The Morgan fingerprint density at radius 2 is 1.87 bits per heavy atom. The number of hydrogen-bond donors (Lipinski definition) is 2. The van der Waals surface area contributed by atoms with Gasteiger partial charge in [0.1, 0.15) is 5.82 Å². The summed E-state index contributed by atoms with van der Waals surface area (Å²) in [6, 6.07) is 6.99. The van der Waals surface area contributed by atoms with Gasteiger partial charge in [0.2, 0.25) is 5.91 Å². The van der Waals surface area contributed by atoms with Crippen molar-refractivity contribution in [3.63, 3.8) is 0 Å². The number of hydrogen-bond acceptors (Lipinski definition) is 4. The molecule has 2 aliphatic heterocycles. The minimum absolute atomic E-state index is 0.0460. The predicted molar refractivity (Wildman–Crippen MR) is 119 cm³/mol. The number of aliphatic imine (C=N–C) groups is 1. The average Bonchev–Trinajstić information content (AvgIpc) is 3.22. The van der Waals surface area contributed by atoms with Gasteiger partial charge in [-0.05, 0) is 30.7 Å². The number of benzene rings is 1. The van der Waals surface area contributed by atoms with Gasteiger partial charge in [0, 0.05) is 77.1 Å². The van der Waals surface area contributed by atoms with Crippen LogP contribution < -0.4 is 15.5 Å². The van der Waals surface area contributed by atoms with E-state index in [1.54, 1.807) is 7.05 Å². The molecule has 2 saturated heterocycles. The van der Waals surface area contributed by atoms with Gasteiger partial charge >= 0.3 is 0 Å². The van der Waals surface area contributed by atoms with E-state index in [4.69, 9.17) is 0 Å². The average molecular weight is 419 g/mol. The van der Waals surface area contributed by atoms with Crippen molar-refractivity contribution < 1.29 is 9.18 Å². The van der Waals surface area contributed by atoms with Crippen molar-refractivity contribution in [3.8, 4) is 0 Å². The lowest BCUT2D eigenvalue weighted by molar-refractivity contribution is -0.133. The number of nitrogens with zero attached hydrogens (tertiary/aromatic N) is 4. The molecule has 2 heterocycles. The smallest absolute Gasteiger partial charge is 0.225 e. The second-order valence-electron chi connectivity index (χ2n) is 8.37. The van der Waals surface area contributed by atoms with Gasteiger partial charge in [-0.25, -0.2) is 4.39 Å². The Bertz CT molecular complexity index is 715. The van der Waals surface area contributed by atoms with Gasteiger partial charge in [0.25, 0.3) is 0 Å². The highest BCUT2D eigenvalue weighted by atomic mass is 19.1. The molecular weight excluding hydrogens is 383 g/mol. The quantitative estimate of drug-likeness (QED) is 0.540. The first-order chi connectivity index (χ1) is 14.5. The van der Waals surface area contributed by atoms with E-state index in [9.17, 15) is 9.18 Å². The molecule has 2 N–H and O–H groups in total. The highest BCUT2D eigenvalue weighted by Crippen LogP contribution is 2.16. The van der Waals surface area contributed by atoms with Crippen LogP contribution >= 0.6 is 0 Å². The molecule has 2 aliphatic rings. The summed E-state index contributed by atoms with van der Waals surface area (Å²) in [7, 11) is 1.78. The summed E-state index contributed by atoms with van der Waals surface area (Å²) in [5.41, 5.74) is 1.08. The van der Waals surface area contributed by atoms with Crippen molar-refractivity contribution >= 4 is 17.6 Å². The third-order valence-corrected chi connectivity index (χ3v) is 5.84. The summed E-state index contributed by atoms with van der Waals surface area (Å²) < 4.78 is 13.1. The minimum Gasteiger partial charge on any atom is -0.369 e. The number of nitrogens with one attached hydrogen (secondary N) is 2. The van der Waals surface area contributed by atoms with Gasteiger partial charge in [-0.15, -0.1) is 0 Å². The third kappa shape index (κ3) is 6.08. The molecule has 1 aromatic rings. The number of guanidine groups is 1. The van der Waals surface area contributed by atoms with Crippen LogP contribution in [0.5, 0.6) is 0 Å². The summed E-state index contributed by atoms with van der Waals surface area (Å²) >= 11 is 0. The van der Waals surface area contributed by atoms with Gasteiger partial charge in [0.05, 0.1) is 0 Å². The lowest BCUT2D eigenvalue weighted by Gasteiger charge is -2.36. The molecule has 0 radical (unpaired) electrons. The number of rotatable bonds is 6. The van der Waals surface area contributed by atoms with Crippen molar-refractivity contribution in [2.75, 3.05) is 64.3 Å². The maximum Gasteiger partial charge on any atom is 0.225 e. The molecule has 1 unspecified atom stereocenters. The number of piperazine rings is 1. The SMILES string of the molecule is CN=C(NCCN1CCN(c2ccc(F)cc2)CC1)NC1CCN(C(=O)C(C)C)C1. The zero-order valence-corrected chi connectivity index (χ0v) is 18.4. The molecule has 2 fully saturated rings. The van der Waals surface area contributed by atoms with Crippen LogP contribution in [0.4, 0.5) is 10.1 Å². The van der Waals surface area contributed by atoms with E-state index >= 15 is 0 Å². The number of carbonyl (C=O) groups is 1. The first kappa shape index (κ1) is 22.3. The molecule has 30 heavy (non-hydrogen) atoms. The van der Waals surface area contributed by atoms with E-state index < -0.39 is 0 Å². The van der Waals surface area contributed by atoms with Gasteiger partial charge in [0.15, 0.2) is 5.96 Å². The highest BCUT2D eigenvalue weighted by molar-refractivity contribution is 5.81. The molecule has 7 nitrogen and oxygen atoms in total. The monoisotopic (exact) mass is 418 g/mol. The van der Waals surface area contributed by atoms with E-state index in [0.717, 1.165) is 70.4 Å². The molecule has 0 aliphatic carbocycles. The Labute approximate surface area is 179 Å². The molecule has 1 aromatic carbocycles. The first-order valence-corrected chi connectivity index (χ1v) is 10.9. The Balaban J connectivity index is 1.35. The summed E-state index contributed by atoms with van der Waals surface area (Å²) in [6.07, 6.45) is 0.949. The second-order valence-corrected chi connectivity index (χ2v) is 8.37. The van der Waals surface area contributed by atoms with E-state index in [-0.39, 0.29) is 23.7 Å². The fourth-order valence-corrected chi connectivity index (χ4v) is 4.05. The third-order valence-electron chi connectivity index (χ3n) is 5.84. The Kier molecular flexibility index (Phi) is 7.90. The fraction of sp³-hybridized carbons (Fsp3) is 0.636. The molecular formula is C22H35FN6O. The zero-order valence-electron chi connectivity index (χ0n) is 18.4. The topological polar surface area (TPSA) is 63.2 Å². The van der Waals surface area contributed by atoms with Crippen molar-refractivity contribution in [1.29, 1.82) is 0 Å². The fourth-order valence-electron chi connectivity index (χ4n) is 4.05. The van der Waals surface area contributed by atoms with Crippen LogP contribution in [0.15, 0.2) is 29.3 Å². The van der Waals surface area contributed by atoms with Gasteiger partial charge < -0.3 is 20.4 Å². The van der Waals surface area contributed by atoms with Crippen LogP contribution in [-0.4, -0.2) is 87.1 Å². The van der Waals surface area contributed by atoms with Gasteiger partial charge in [-0.1, -0.05) is 13.8 Å². The first-order valence-electron chi connectivity index (χ1n) is 10.9. The van der Waals surface area contributed by atoms with Crippen LogP contribution in [0.25, 0.3) is 0 Å². The number of halogens is 1. The summed E-state index contributed by atoms with van der Waals surface area (Å²) in [6.45, 7) is 11.1. The lowest BCUT2D eigenvalue weighted by Crippen LogP contribution is -2.50. The van der Waals surface area contributed by atoms with Gasteiger partial charge in [-0.2, -0.15) is 0 Å². The summed E-state index contributed by atoms with van der Waals surface area (Å²) in [5, 5.41) is 6.85. The molecule has 0 spiro atoms. The van der Waals surface area contributed by atoms with Crippen molar-refractivity contribution in [1.82, 2.24) is 20.4 Å². The predicted octanol–water partition coefficient (Wildman–Crippen LogP) is 1.37. The number of anilines is 1. The molecule has 0 aromatic heterocycles. The highest BCUT2D eigenvalue weighted by Gasteiger charge is 2.28. The Morgan fingerprint density at radius 1 is 1.17 bits per heavy atom. The van der Waals surface area contributed by atoms with Crippen LogP contribution in [-0.2, 0) is 4.79 Å². The molecule has 1 amide bonds. The molecule has 1 atom stereocenters. The van der Waals surface area contributed by atoms with Crippen LogP contribution in [0.3, 0.4) is 0 Å². The van der Waals surface area contributed by atoms with Crippen LogP contribution in [0.2, 0.25) is 0 Å². The number of carbonyl (C=O) groups excluding carboxylic acids is 1. The Hall–Kier alpha value is -2.35. The minimum atomic E-state index is -0.192. The second kappa shape index (κ2) is 10.6. The summed E-state index contributed by atoms with van der Waals surface area (Å²) in [5.74, 6) is 0.873. The lowest BCUT2D eigenvalue weighted by atomic mass is 10.2. The molecule has 8 heteroatoms. The number of amides is 1. The zero-order chi connectivity index (χ0) is 21.5. The van der Waals surface area contributed by atoms with Crippen LogP contribution in [0, 0.1) is 11.7 Å². The van der Waals surface area contributed by atoms with Crippen molar-refractivity contribution in [2.45, 2.75) is 26.3 Å². The van der Waals surface area contributed by atoms with E-state index in [1.165, 1.54) is 12.1 Å².